The molecule has 0 aliphatic rings. The SMILES string of the molecule is N=Cc1ncc(-c2ccc(F)c(OC(F)F)c2)cc1NCc1ccncn1. The number of nitrogens with one attached hydrogen (secondary N) is 2. The first-order valence-corrected chi connectivity index (χ1v) is 7.81. The number of halogens is 3. The number of nitrogens with zero attached hydrogens (tertiary/aromatic N) is 3. The number of pyridine rings is 1. The van der Waals surface area contributed by atoms with Crippen LogP contribution in [0.1, 0.15) is 11.4 Å². The zero-order valence-electron chi connectivity index (χ0n) is 13.9. The van der Waals surface area contributed by atoms with Crippen LogP contribution in [0, 0.1) is 11.2 Å². The van der Waals surface area contributed by atoms with Crippen molar-refractivity contribution in [3.8, 4) is 16.9 Å². The molecule has 3 rings (SSSR count). The number of alkyl halides is 2. The van der Waals surface area contributed by atoms with Crippen molar-refractivity contribution in [1.29, 1.82) is 5.41 Å². The van der Waals surface area contributed by atoms with Gasteiger partial charge in [-0.3, -0.25) is 4.98 Å². The normalized spacial score (nSPS) is 10.7. The molecule has 0 fully saturated rings. The van der Waals surface area contributed by atoms with Crippen LogP contribution < -0.4 is 10.1 Å². The van der Waals surface area contributed by atoms with Crippen molar-refractivity contribution < 1.29 is 17.9 Å². The molecule has 0 aliphatic heterocycles. The molecule has 2 aromatic heterocycles. The summed E-state index contributed by atoms with van der Waals surface area (Å²) in [6.07, 6.45) is 5.59. The summed E-state index contributed by atoms with van der Waals surface area (Å²) in [6, 6.07) is 7.08. The minimum absolute atomic E-state index is 0.373. The molecule has 0 amide bonds. The summed E-state index contributed by atoms with van der Waals surface area (Å²) < 4.78 is 42.6. The molecule has 3 aromatic rings. The standard InChI is InChI=1S/C18H14F3N5O/c19-14-2-1-11(6-17(14)27-18(20)21)12-5-15(16(7-22)24-8-12)25-9-13-3-4-23-10-26-13/h1-8,10,18,22,25H,9H2. The van der Waals surface area contributed by atoms with Gasteiger partial charge in [-0.05, 0) is 29.8 Å². The van der Waals surface area contributed by atoms with E-state index < -0.39 is 18.2 Å². The van der Waals surface area contributed by atoms with Crippen molar-refractivity contribution in [3.63, 3.8) is 0 Å². The average molecular weight is 373 g/mol. The average Bonchev–Trinajstić information content (AvgIpc) is 2.68. The van der Waals surface area contributed by atoms with Gasteiger partial charge >= 0.3 is 6.61 Å². The van der Waals surface area contributed by atoms with E-state index >= 15 is 0 Å². The first-order chi connectivity index (χ1) is 13.1. The lowest BCUT2D eigenvalue weighted by Crippen LogP contribution is -2.06. The van der Waals surface area contributed by atoms with Gasteiger partial charge in [-0.15, -0.1) is 0 Å². The van der Waals surface area contributed by atoms with Crippen molar-refractivity contribution in [2.45, 2.75) is 13.2 Å². The molecule has 1 aromatic carbocycles. The van der Waals surface area contributed by atoms with Gasteiger partial charge in [0, 0.05) is 24.2 Å². The molecular formula is C18H14F3N5O. The molecule has 0 spiro atoms. The van der Waals surface area contributed by atoms with Crippen LogP contribution in [0.2, 0.25) is 0 Å². The molecule has 0 unspecified atom stereocenters. The second kappa shape index (κ2) is 8.26. The number of hydrogen-bond donors (Lipinski definition) is 2. The van der Waals surface area contributed by atoms with Crippen molar-refractivity contribution in [3.05, 3.63) is 66.3 Å². The van der Waals surface area contributed by atoms with Crippen molar-refractivity contribution in [2.75, 3.05) is 5.32 Å². The molecule has 6 nitrogen and oxygen atoms in total. The summed E-state index contributed by atoms with van der Waals surface area (Å²) in [5.41, 5.74) is 2.66. The highest BCUT2D eigenvalue weighted by molar-refractivity contribution is 5.85. The molecule has 0 atom stereocenters. The number of benzene rings is 1. The third-order valence-electron chi connectivity index (χ3n) is 3.64. The summed E-state index contributed by atoms with van der Waals surface area (Å²) in [4.78, 5) is 12.1. The number of anilines is 1. The van der Waals surface area contributed by atoms with Gasteiger partial charge in [-0.25, -0.2) is 14.4 Å². The van der Waals surface area contributed by atoms with Crippen LogP contribution >= 0.6 is 0 Å². The Bertz CT molecular complexity index is 938. The molecule has 2 heterocycles. The second-order valence-electron chi connectivity index (χ2n) is 5.38. The van der Waals surface area contributed by atoms with Gasteiger partial charge in [0.2, 0.25) is 0 Å². The summed E-state index contributed by atoms with van der Waals surface area (Å²) in [7, 11) is 0. The van der Waals surface area contributed by atoms with E-state index in [1.807, 2.05) is 0 Å². The molecule has 0 aliphatic carbocycles. The van der Waals surface area contributed by atoms with E-state index in [0.29, 0.717) is 29.1 Å². The van der Waals surface area contributed by atoms with Gasteiger partial charge in [0.15, 0.2) is 11.6 Å². The van der Waals surface area contributed by atoms with Crippen LogP contribution in [0.3, 0.4) is 0 Å². The first-order valence-electron chi connectivity index (χ1n) is 7.81. The highest BCUT2D eigenvalue weighted by atomic mass is 19.3. The Hall–Kier alpha value is -3.49. The van der Waals surface area contributed by atoms with Gasteiger partial charge < -0.3 is 15.5 Å². The van der Waals surface area contributed by atoms with E-state index in [1.54, 1.807) is 18.3 Å². The van der Waals surface area contributed by atoms with Crippen LogP contribution in [0.15, 0.2) is 49.1 Å². The largest absolute Gasteiger partial charge is 0.432 e. The minimum atomic E-state index is -3.13. The van der Waals surface area contributed by atoms with E-state index in [2.05, 4.69) is 25.0 Å². The highest BCUT2D eigenvalue weighted by Crippen LogP contribution is 2.29. The molecule has 0 saturated carbocycles. The maximum absolute atomic E-state index is 13.6. The Balaban J connectivity index is 1.89. The second-order valence-corrected chi connectivity index (χ2v) is 5.38. The summed E-state index contributed by atoms with van der Waals surface area (Å²) >= 11 is 0. The van der Waals surface area contributed by atoms with Gasteiger partial charge in [-0.1, -0.05) is 6.07 Å². The molecule has 0 radical (unpaired) electrons. The van der Waals surface area contributed by atoms with Gasteiger partial charge in [0.25, 0.3) is 0 Å². The number of rotatable bonds is 7. The topological polar surface area (TPSA) is 83.8 Å². The van der Waals surface area contributed by atoms with Crippen LogP contribution in [-0.2, 0) is 6.54 Å². The smallest absolute Gasteiger partial charge is 0.387 e. The van der Waals surface area contributed by atoms with Gasteiger partial charge in [0.05, 0.1) is 17.9 Å². The van der Waals surface area contributed by atoms with E-state index in [1.165, 1.54) is 24.7 Å². The van der Waals surface area contributed by atoms with Crippen molar-refractivity contribution in [2.24, 2.45) is 0 Å². The van der Waals surface area contributed by atoms with Crippen LogP contribution in [0.5, 0.6) is 5.75 Å². The van der Waals surface area contributed by atoms with Crippen LogP contribution in [-0.4, -0.2) is 27.8 Å². The van der Waals surface area contributed by atoms with E-state index in [-0.39, 0.29) is 0 Å². The van der Waals surface area contributed by atoms with Gasteiger partial charge in [-0.2, -0.15) is 8.78 Å². The molecule has 138 valence electrons. The lowest BCUT2D eigenvalue weighted by atomic mass is 10.1. The van der Waals surface area contributed by atoms with Gasteiger partial charge in [0.1, 0.15) is 12.0 Å². The summed E-state index contributed by atoms with van der Waals surface area (Å²) in [5, 5.41) is 10.6. The Labute approximate surface area is 152 Å². The number of aromatic nitrogens is 3. The molecule has 0 saturated heterocycles. The van der Waals surface area contributed by atoms with Crippen LogP contribution in [0.25, 0.3) is 11.1 Å². The zero-order valence-corrected chi connectivity index (χ0v) is 13.9. The molecule has 2 N–H and O–H groups in total. The third-order valence-corrected chi connectivity index (χ3v) is 3.64. The predicted molar refractivity (Wildman–Crippen MR) is 93.5 cm³/mol. The number of hydrogen-bond acceptors (Lipinski definition) is 6. The Morgan fingerprint density at radius 2 is 2.00 bits per heavy atom. The lowest BCUT2D eigenvalue weighted by molar-refractivity contribution is -0.0521. The molecule has 27 heavy (non-hydrogen) atoms. The molecular weight excluding hydrogens is 359 g/mol. The van der Waals surface area contributed by atoms with E-state index in [4.69, 9.17) is 5.41 Å². The maximum atomic E-state index is 13.6. The monoisotopic (exact) mass is 373 g/mol. The summed E-state index contributed by atoms with van der Waals surface area (Å²) in [5.74, 6) is -1.43. The molecule has 0 bridgehead atoms. The minimum Gasteiger partial charge on any atom is -0.432 e. The number of ether oxygens (including phenoxy) is 1. The van der Waals surface area contributed by atoms with Crippen molar-refractivity contribution in [1.82, 2.24) is 15.0 Å². The Morgan fingerprint density at radius 1 is 1.15 bits per heavy atom. The fourth-order valence-corrected chi connectivity index (χ4v) is 2.37. The highest BCUT2D eigenvalue weighted by Gasteiger charge is 2.13. The van der Waals surface area contributed by atoms with Crippen molar-refractivity contribution >= 4 is 11.9 Å². The van der Waals surface area contributed by atoms with E-state index in [0.717, 1.165) is 18.0 Å². The summed E-state index contributed by atoms with van der Waals surface area (Å²) in [6.45, 7) is -2.75. The van der Waals surface area contributed by atoms with E-state index in [9.17, 15) is 13.2 Å². The van der Waals surface area contributed by atoms with Crippen LogP contribution in [0.4, 0.5) is 18.9 Å². The fraction of sp³-hybridized carbons (Fsp3) is 0.111. The Morgan fingerprint density at radius 3 is 2.70 bits per heavy atom. The third kappa shape index (κ3) is 4.57. The quantitative estimate of drug-likeness (QED) is 0.614. The predicted octanol–water partition coefficient (Wildman–Crippen LogP) is 3.89. The Kier molecular flexibility index (Phi) is 5.60. The lowest BCUT2D eigenvalue weighted by Gasteiger charge is -2.12. The first kappa shape index (κ1) is 18.3. The fourth-order valence-electron chi connectivity index (χ4n) is 2.37. The maximum Gasteiger partial charge on any atom is 0.387 e. The molecule has 9 heteroatoms. The zero-order chi connectivity index (χ0) is 19.2.